The normalized spacial score (nSPS) is 14.4. The van der Waals surface area contributed by atoms with E-state index in [1.54, 1.807) is 0 Å². The third-order valence-electron chi connectivity index (χ3n) is 4.90. The lowest BCUT2D eigenvalue weighted by Gasteiger charge is -2.11. The third kappa shape index (κ3) is 3.95. The molecule has 0 aliphatic carbocycles. The van der Waals surface area contributed by atoms with Crippen LogP contribution in [-0.2, 0) is 4.79 Å². The molecule has 2 heterocycles. The van der Waals surface area contributed by atoms with E-state index in [0.717, 1.165) is 18.5 Å². The molecule has 1 aromatic heterocycles. The van der Waals surface area contributed by atoms with Crippen molar-refractivity contribution in [1.29, 1.82) is 0 Å². The number of fused-ring (bicyclic) bond motifs is 2. The van der Waals surface area contributed by atoms with E-state index in [9.17, 15) is 14.0 Å². The van der Waals surface area contributed by atoms with Crippen LogP contribution in [0, 0.1) is 5.82 Å². The molecule has 0 bridgehead atoms. The molecule has 30 heavy (non-hydrogen) atoms. The highest BCUT2D eigenvalue weighted by atomic mass is 19.1. The van der Waals surface area contributed by atoms with Gasteiger partial charge in [0.25, 0.3) is 11.5 Å². The van der Waals surface area contributed by atoms with E-state index in [1.165, 1.54) is 18.2 Å². The maximum atomic E-state index is 14.4. The van der Waals surface area contributed by atoms with Gasteiger partial charge in [0.1, 0.15) is 11.6 Å². The molecule has 0 spiro atoms. The number of benzene rings is 2. The number of para-hydroxylation sites is 1. The molecular weight excluding hydrogens is 385 g/mol. The molecule has 1 amide bonds. The summed E-state index contributed by atoms with van der Waals surface area (Å²) in [5.74, 6) is -0.532. The largest absolute Gasteiger partial charge is 0.383 e. The highest BCUT2D eigenvalue weighted by Gasteiger charge is 2.23. The SMILES string of the molecule is CN(C)CCCNc1cc2nc(/C=C3\C(=O)Nc4ccccc43)[nH]c(=O)c2cc1F. The molecule has 0 unspecified atom stereocenters. The molecule has 0 radical (unpaired) electrons. The summed E-state index contributed by atoms with van der Waals surface area (Å²) in [5, 5.41) is 6.00. The van der Waals surface area contributed by atoms with Crippen LogP contribution in [0.15, 0.2) is 41.2 Å². The molecule has 1 aliphatic rings. The highest BCUT2D eigenvalue weighted by molar-refractivity contribution is 6.34. The average molecular weight is 407 g/mol. The Morgan fingerprint density at radius 1 is 1.20 bits per heavy atom. The van der Waals surface area contributed by atoms with Crippen molar-refractivity contribution in [3.05, 3.63) is 64.0 Å². The van der Waals surface area contributed by atoms with Crippen LogP contribution in [0.25, 0.3) is 22.6 Å². The number of nitrogens with one attached hydrogen (secondary N) is 3. The summed E-state index contributed by atoms with van der Waals surface area (Å²) in [5.41, 5.74) is 2.06. The van der Waals surface area contributed by atoms with Crippen LogP contribution in [-0.4, -0.2) is 48.0 Å². The van der Waals surface area contributed by atoms with Gasteiger partial charge in [-0.3, -0.25) is 9.59 Å². The number of aromatic nitrogens is 2. The summed E-state index contributed by atoms with van der Waals surface area (Å²) < 4.78 is 14.4. The summed E-state index contributed by atoms with van der Waals surface area (Å²) in [6.07, 6.45) is 2.38. The predicted octanol–water partition coefficient (Wildman–Crippen LogP) is 2.92. The number of rotatable bonds is 6. The van der Waals surface area contributed by atoms with Crippen LogP contribution >= 0.6 is 0 Å². The van der Waals surface area contributed by atoms with Gasteiger partial charge in [0, 0.05) is 17.8 Å². The van der Waals surface area contributed by atoms with Crippen molar-refractivity contribution in [1.82, 2.24) is 14.9 Å². The molecule has 0 atom stereocenters. The zero-order valence-electron chi connectivity index (χ0n) is 16.8. The number of amides is 1. The summed E-state index contributed by atoms with van der Waals surface area (Å²) in [7, 11) is 3.96. The van der Waals surface area contributed by atoms with Crippen molar-refractivity contribution >= 4 is 39.8 Å². The standard InChI is InChI=1S/C22H22FN5O2/c1-28(2)9-5-8-24-19-12-18-15(10-16(19)23)22(30)27-20(25-18)11-14-13-6-3-4-7-17(13)26-21(14)29/h3-4,6-7,10-12,24H,5,8-9H2,1-2H3,(H,26,29)(H,25,27,30)/b14-11-. The van der Waals surface area contributed by atoms with E-state index in [1.807, 2.05) is 38.4 Å². The van der Waals surface area contributed by atoms with Gasteiger partial charge in [-0.15, -0.1) is 0 Å². The van der Waals surface area contributed by atoms with Gasteiger partial charge in [0.15, 0.2) is 0 Å². The molecule has 4 rings (SSSR count). The van der Waals surface area contributed by atoms with Crippen molar-refractivity contribution in [2.24, 2.45) is 0 Å². The first-order chi connectivity index (χ1) is 14.4. The Morgan fingerprint density at radius 3 is 2.80 bits per heavy atom. The minimum absolute atomic E-state index is 0.157. The van der Waals surface area contributed by atoms with Crippen LogP contribution < -0.4 is 16.2 Å². The van der Waals surface area contributed by atoms with E-state index in [-0.39, 0.29) is 17.1 Å². The fourth-order valence-electron chi connectivity index (χ4n) is 3.42. The van der Waals surface area contributed by atoms with Crippen molar-refractivity contribution in [3.8, 4) is 0 Å². The van der Waals surface area contributed by atoms with Gasteiger partial charge < -0.3 is 20.5 Å². The van der Waals surface area contributed by atoms with Crippen molar-refractivity contribution in [3.63, 3.8) is 0 Å². The maximum absolute atomic E-state index is 14.4. The second-order valence-corrected chi connectivity index (χ2v) is 7.44. The van der Waals surface area contributed by atoms with Gasteiger partial charge in [-0.25, -0.2) is 9.37 Å². The number of hydrogen-bond donors (Lipinski definition) is 3. The summed E-state index contributed by atoms with van der Waals surface area (Å²) in [6, 6.07) is 10.0. The van der Waals surface area contributed by atoms with Crippen LogP contribution in [0.3, 0.4) is 0 Å². The van der Waals surface area contributed by atoms with Crippen LogP contribution in [0.1, 0.15) is 17.8 Å². The topological polar surface area (TPSA) is 90.1 Å². The lowest BCUT2D eigenvalue weighted by molar-refractivity contribution is -0.110. The number of anilines is 2. The van der Waals surface area contributed by atoms with Gasteiger partial charge in [-0.2, -0.15) is 0 Å². The zero-order chi connectivity index (χ0) is 21.3. The van der Waals surface area contributed by atoms with Gasteiger partial charge in [-0.1, -0.05) is 18.2 Å². The minimum Gasteiger partial charge on any atom is -0.383 e. The summed E-state index contributed by atoms with van der Waals surface area (Å²) in [4.78, 5) is 33.9. The van der Waals surface area contributed by atoms with Crippen molar-refractivity contribution in [2.75, 3.05) is 37.8 Å². The highest BCUT2D eigenvalue weighted by Crippen LogP contribution is 2.32. The second-order valence-electron chi connectivity index (χ2n) is 7.44. The van der Waals surface area contributed by atoms with E-state index in [4.69, 9.17) is 0 Å². The second kappa shape index (κ2) is 8.08. The molecular formula is C22H22FN5O2. The molecule has 2 aromatic carbocycles. The van der Waals surface area contributed by atoms with Gasteiger partial charge in [0.2, 0.25) is 0 Å². The van der Waals surface area contributed by atoms with E-state index >= 15 is 0 Å². The fraction of sp³-hybridized carbons (Fsp3) is 0.227. The molecule has 154 valence electrons. The fourth-order valence-corrected chi connectivity index (χ4v) is 3.42. The van der Waals surface area contributed by atoms with Gasteiger partial charge in [0.05, 0.1) is 22.2 Å². The Balaban J connectivity index is 1.68. The Labute approximate surface area is 172 Å². The number of nitrogens with zero attached hydrogens (tertiary/aromatic N) is 2. The van der Waals surface area contributed by atoms with Crippen molar-refractivity contribution < 1.29 is 9.18 Å². The minimum atomic E-state index is -0.505. The molecule has 0 fully saturated rings. The molecule has 3 N–H and O–H groups in total. The Morgan fingerprint density at radius 2 is 2.00 bits per heavy atom. The van der Waals surface area contributed by atoms with E-state index < -0.39 is 11.4 Å². The molecule has 7 nitrogen and oxygen atoms in total. The number of aromatic amines is 1. The number of halogens is 1. The smallest absolute Gasteiger partial charge is 0.259 e. The first-order valence-electron chi connectivity index (χ1n) is 9.67. The third-order valence-corrected chi connectivity index (χ3v) is 4.90. The van der Waals surface area contributed by atoms with Crippen molar-refractivity contribution in [2.45, 2.75) is 6.42 Å². The quantitative estimate of drug-likeness (QED) is 0.432. The van der Waals surface area contributed by atoms with E-state index in [0.29, 0.717) is 29.0 Å². The molecule has 1 aliphatic heterocycles. The molecule has 3 aromatic rings. The average Bonchev–Trinajstić information content (AvgIpc) is 3.01. The lowest BCUT2D eigenvalue weighted by atomic mass is 10.1. The number of H-pyrrole nitrogens is 1. The molecule has 0 saturated heterocycles. The molecule has 8 heteroatoms. The number of carbonyl (C=O) groups excluding carboxylic acids is 1. The predicted molar refractivity (Wildman–Crippen MR) is 117 cm³/mol. The summed E-state index contributed by atoms with van der Waals surface area (Å²) in [6.45, 7) is 1.47. The zero-order valence-corrected chi connectivity index (χ0v) is 16.8. The van der Waals surface area contributed by atoms with Crippen LogP contribution in [0.2, 0.25) is 0 Å². The van der Waals surface area contributed by atoms with Crippen LogP contribution in [0.4, 0.5) is 15.8 Å². The first-order valence-corrected chi connectivity index (χ1v) is 9.67. The first kappa shape index (κ1) is 19.8. The molecule has 0 saturated carbocycles. The van der Waals surface area contributed by atoms with Gasteiger partial charge >= 0.3 is 0 Å². The number of hydrogen-bond acceptors (Lipinski definition) is 5. The number of carbonyl (C=O) groups is 1. The lowest BCUT2D eigenvalue weighted by Crippen LogP contribution is -2.17. The van der Waals surface area contributed by atoms with E-state index in [2.05, 4.69) is 25.5 Å². The maximum Gasteiger partial charge on any atom is 0.259 e. The van der Waals surface area contributed by atoms with Crippen LogP contribution in [0.5, 0.6) is 0 Å². The summed E-state index contributed by atoms with van der Waals surface area (Å²) >= 11 is 0. The Kier molecular flexibility index (Phi) is 5.33. The monoisotopic (exact) mass is 407 g/mol. The Hall–Kier alpha value is -3.52. The Bertz CT molecular complexity index is 1220. The van der Waals surface area contributed by atoms with Gasteiger partial charge in [-0.05, 0) is 51.3 Å².